The van der Waals surface area contributed by atoms with Gasteiger partial charge < -0.3 is 10.2 Å². The number of amides is 2. The summed E-state index contributed by atoms with van der Waals surface area (Å²) in [5, 5.41) is 2.89. The van der Waals surface area contributed by atoms with E-state index in [0.717, 1.165) is 11.1 Å². The summed E-state index contributed by atoms with van der Waals surface area (Å²) in [4.78, 5) is 27.7. The second-order valence-electron chi connectivity index (χ2n) is 9.27. The molecule has 4 nitrogen and oxygen atoms in total. The first-order valence-corrected chi connectivity index (χ1v) is 11.4. The molecule has 0 unspecified atom stereocenters. The van der Waals surface area contributed by atoms with E-state index in [0.29, 0.717) is 32.4 Å². The minimum Gasteiger partial charge on any atom is -0.355 e. The molecule has 0 bridgehead atoms. The van der Waals surface area contributed by atoms with Gasteiger partial charge in [0.25, 0.3) is 0 Å². The summed E-state index contributed by atoms with van der Waals surface area (Å²) in [5.41, 5.74) is 4.75. The number of hydrogen-bond acceptors (Lipinski definition) is 2. The largest absolute Gasteiger partial charge is 0.355 e. The van der Waals surface area contributed by atoms with Gasteiger partial charge in [0.1, 0.15) is 6.04 Å². The molecule has 2 aromatic rings. The maximum Gasteiger partial charge on any atom is 0.242 e. The number of benzene rings is 2. The third-order valence-electron chi connectivity index (χ3n) is 5.66. The fourth-order valence-electron chi connectivity index (χ4n) is 3.67. The fourth-order valence-corrected chi connectivity index (χ4v) is 3.67. The lowest BCUT2D eigenvalue weighted by Crippen LogP contribution is -2.49. The molecular formula is C27H38N2O2. The number of carbonyl (C=O) groups is 2. The Bertz CT molecular complexity index is 848. The predicted molar refractivity (Wildman–Crippen MR) is 128 cm³/mol. The monoisotopic (exact) mass is 422 g/mol. The molecule has 2 aromatic carbocycles. The molecule has 0 aliphatic heterocycles. The summed E-state index contributed by atoms with van der Waals surface area (Å²) >= 11 is 0. The van der Waals surface area contributed by atoms with Crippen molar-refractivity contribution >= 4 is 11.8 Å². The first-order chi connectivity index (χ1) is 14.7. The van der Waals surface area contributed by atoms with Gasteiger partial charge in [-0.15, -0.1) is 0 Å². The SMILES string of the molecule is CCNC(=O)[C@H](CC)N(Cc1ccc(C)cc1)C(=O)CCc1ccc(C(C)(C)C)cc1. The Kier molecular flexibility index (Phi) is 8.85. The number of hydrogen-bond donors (Lipinski definition) is 1. The van der Waals surface area contributed by atoms with Crippen molar-refractivity contribution in [2.45, 2.75) is 78.8 Å². The van der Waals surface area contributed by atoms with Crippen LogP contribution in [-0.4, -0.2) is 29.3 Å². The van der Waals surface area contributed by atoms with Crippen molar-refractivity contribution in [3.05, 3.63) is 70.8 Å². The molecule has 0 aromatic heterocycles. The average molecular weight is 423 g/mol. The van der Waals surface area contributed by atoms with E-state index in [4.69, 9.17) is 0 Å². The van der Waals surface area contributed by atoms with Crippen LogP contribution in [0.15, 0.2) is 48.5 Å². The zero-order valence-electron chi connectivity index (χ0n) is 20.0. The second kappa shape index (κ2) is 11.1. The van der Waals surface area contributed by atoms with Gasteiger partial charge in [-0.05, 0) is 48.8 Å². The van der Waals surface area contributed by atoms with Crippen molar-refractivity contribution in [1.82, 2.24) is 10.2 Å². The Morgan fingerprint density at radius 2 is 1.52 bits per heavy atom. The molecule has 1 N–H and O–H groups in total. The predicted octanol–water partition coefficient (Wildman–Crippen LogP) is 5.17. The minimum atomic E-state index is -0.461. The van der Waals surface area contributed by atoms with Gasteiger partial charge in [-0.3, -0.25) is 9.59 Å². The number of aryl methyl sites for hydroxylation is 2. The molecule has 31 heavy (non-hydrogen) atoms. The van der Waals surface area contributed by atoms with Crippen molar-refractivity contribution < 1.29 is 9.59 Å². The van der Waals surface area contributed by atoms with Crippen LogP contribution in [0.3, 0.4) is 0 Å². The first-order valence-electron chi connectivity index (χ1n) is 11.4. The first kappa shape index (κ1) is 24.6. The van der Waals surface area contributed by atoms with Crippen molar-refractivity contribution in [3.8, 4) is 0 Å². The van der Waals surface area contributed by atoms with E-state index >= 15 is 0 Å². The van der Waals surface area contributed by atoms with Crippen LogP contribution in [-0.2, 0) is 28.0 Å². The average Bonchev–Trinajstić information content (AvgIpc) is 2.73. The standard InChI is InChI=1S/C27H38N2O2/c1-7-24(26(31)28-8-2)29(19-22-11-9-20(3)10-12-22)25(30)18-15-21-13-16-23(17-14-21)27(4,5)6/h9-14,16-17,24H,7-8,15,18-19H2,1-6H3,(H,28,31)/t24-/m0/s1. The zero-order valence-corrected chi connectivity index (χ0v) is 20.0. The smallest absolute Gasteiger partial charge is 0.242 e. The van der Waals surface area contributed by atoms with Crippen LogP contribution in [0.25, 0.3) is 0 Å². The lowest BCUT2D eigenvalue weighted by Gasteiger charge is -2.30. The molecule has 0 radical (unpaired) electrons. The third-order valence-corrected chi connectivity index (χ3v) is 5.66. The quantitative estimate of drug-likeness (QED) is 0.606. The van der Waals surface area contributed by atoms with E-state index < -0.39 is 6.04 Å². The van der Waals surface area contributed by atoms with E-state index in [1.807, 2.05) is 45.0 Å². The van der Waals surface area contributed by atoms with Gasteiger partial charge in [-0.25, -0.2) is 0 Å². The molecule has 0 aliphatic carbocycles. The summed E-state index contributed by atoms with van der Waals surface area (Å²) in [7, 11) is 0. The molecule has 0 aliphatic rings. The second-order valence-corrected chi connectivity index (χ2v) is 9.27. The number of rotatable bonds is 9. The molecule has 0 saturated heterocycles. The summed E-state index contributed by atoms with van der Waals surface area (Å²) < 4.78 is 0. The summed E-state index contributed by atoms with van der Waals surface area (Å²) in [6.45, 7) is 13.5. The Morgan fingerprint density at radius 1 is 0.935 bits per heavy atom. The van der Waals surface area contributed by atoms with Gasteiger partial charge in [0, 0.05) is 19.5 Å². The third kappa shape index (κ3) is 7.23. The van der Waals surface area contributed by atoms with Crippen LogP contribution in [0.4, 0.5) is 0 Å². The van der Waals surface area contributed by atoms with E-state index in [-0.39, 0.29) is 17.2 Å². The number of likely N-dealkylation sites (N-methyl/N-ethyl adjacent to an activating group) is 1. The molecule has 168 valence electrons. The number of nitrogens with one attached hydrogen (secondary N) is 1. The molecule has 0 fully saturated rings. The van der Waals surface area contributed by atoms with Gasteiger partial charge in [0.15, 0.2) is 0 Å². The van der Waals surface area contributed by atoms with Gasteiger partial charge >= 0.3 is 0 Å². The van der Waals surface area contributed by atoms with Crippen LogP contribution >= 0.6 is 0 Å². The molecular weight excluding hydrogens is 384 g/mol. The summed E-state index contributed by atoms with van der Waals surface area (Å²) in [5.74, 6) is -0.0708. The van der Waals surface area contributed by atoms with E-state index in [1.165, 1.54) is 11.1 Å². The Labute approximate surface area is 188 Å². The van der Waals surface area contributed by atoms with E-state index in [2.05, 4.69) is 50.4 Å². The highest BCUT2D eigenvalue weighted by Crippen LogP contribution is 2.23. The normalized spacial score (nSPS) is 12.3. The Balaban J connectivity index is 2.16. The fraction of sp³-hybridized carbons (Fsp3) is 0.481. The molecule has 0 spiro atoms. The topological polar surface area (TPSA) is 49.4 Å². The highest BCUT2D eigenvalue weighted by molar-refractivity contribution is 5.87. The molecule has 0 heterocycles. The van der Waals surface area contributed by atoms with Gasteiger partial charge in [-0.1, -0.05) is 81.8 Å². The van der Waals surface area contributed by atoms with Crippen molar-refractivity contribution in [1.29, 1.82) is 0 Å². The maximum atomic E-state index is 13.3. The molecule has 2 rings (SSSR count). The highest BCUT2D eigenvalue weighted by Gasteiger charge is 2.28. The van der Waals surface area contributed by atoms with Crippen LogP contribution in [0.2, 0.25) is 0 Å². The van der Waals surface area contributed by atoms with Gasteiger partial charge in [-0.2, -0.15) is 0 Å². The van der Waals surface area contributed by atoms with Crippen LogP contribution < -0.4 is 5.32 Å². The van der Waals surface area contributed by atoms with Gasteiger partial charge in [0.2, 0.25) is 11.8 Å². The number of carbonyl (C=O) groups excluding carboxylic acids is 2. The Morgan fingerprint density at radius 3 is 2.03 bits per heavy atom. The molecule has 0 saturated carbocycles. The van der Waals surface area contributed by atoms with Crippen LogP contribution in [0.1, 0.15) is 69.7 Å². The molecule has 1 atom stereocenters. The van der Waals surface area contributed by atoms with Crippen LogP contribution in [0.5, 0.6) is 0 Å². The number of nitrogens with zero attached hydrogens (tertiary/aromatic N) is 1. The van der Waals surface area contributed by atoms with Crippen molar-refractivity contribution in [3.63, 3.8) is 0 Å². The Hall–Kier alpha value is -2.62. The van der Waals surface area contributed by atoms with Crippen molar-refractivity contribution in [2.75, 3.05) is 6.54 Å². The highest BCUT2D eigenvalue weighted by atomic mass is 16.2. The van der Waals surface area contributed by atoms with Crippen LogP contribution in [0, 0.1) is 6.92 Å². The minimum absolute atomic E-state index is 0.0126. The summed E-state index contributed by atoms with van der Waals surface area (Å²) in [6, 6.07) is 16.2. The lowest BCUT2D eigenvalue weighted by molar-refractivity contribution is -0.141. The molecule has 2 amide bonds. The van der Waals surface area contributed by atoms with E-state index in [1.54, 1.807) is 4.90 Å². The van der Waals surface area contributed by atoms with Gasteiger partial charge in [0.05, 0.1) is 0 Å². The van der Waals surface area contributed by atoms with Crippen molar-refractivity contribution in [2.24, 2.45) is 0 Å². The van der Waals surface area contributed by atoms with E-state index in [9.17, 15) is 9.59 Å². The summed E-state index contributed by atoms with van der Waals surface area (Å²) in [6.07, 6.45) is 1.64. The maximum absolute atomic E-state index is 13.3. The zero-order chi connectivity index (χ0) is 23.0. The lowest BCUT2D eigenvalue weighted by atomic mass is 9.86. The molecule has 4 heteroatoms.